The third-order valence-corrected chi connectivity index (χ3v) is 5.20. The van der Waals surface area contributed by atoms with Gasteiger partial charge in [0, 0.05) is 30.5 Å². The van der Waals surface area contributed by atoms with E-state index in [9.17, 15) is 9.90 Å². The number of benzene rings is 2. The molecule has 0 radical (unpaired) electrons. The van der Waals surface area contributed by atoms with E-state index in [-0.39, 0.29) is 12.2 Å². The molecule has 1 fully saturated rings. The van der Waals surface area contributed by atoms with Crippen LogP contribution in [0.5, 0.6) is 5.75 Å². The van der Waals surface area contributed by atoms with E-state index in [4.69, 9.17) is 14.2 Å². The van der Waals surface area contributed by atoms with Gasteiger partial charge in [-0.2, -0.15) is 0 Å². The number of nitrogens with zero attached hydrogens (tertiary/aromatic N) is 1. The lowest BCUT2D eigenvalue weighted by Gasteiger charge is -2.35. The Hall–Kier alpha value is -2.41. The molecule has 1 atom stereocenters. The van der Waals surface area contributed by atoms with Gasteiger partial charge in [0.25, 0.3) is 5.91 Å². The normalized spacial score (nSPS) is 22.3. The zero-order chi connectivity index (χ0) is 18.9. The summed E-state index contributed by atoms with van der Waals surface area (Å²) >= 11 is 0. The van der Waals surface area contributed by atoms with E-state index in [0.29, 0.717) is 43.7 Å². The number of hydrogen-bond acceptors (Lipinski definition) is 5. The Balaban J connectivity index is 1.61. The highest BCUT2D eigenvalue weighted by Crippen LogP contribution is 2.42. The molecule has 0 aliphatic carbocycles. The third kappa shape index (κ3) is 3.32. The van der Waals surface area contributed by atoms with Gasteiger partial charge >= 0.3 is 0 Å². The van der Waals surface area contributed by atoms with Crippen molar-refractivity contribution in [3.63, 3.8) is 0 Å². The summed E-state index contributed by atoms with van der Waals surface area (Å²) in [4.78, 5) is 14.6. The molecule has 0 saturated carbocycles. The van der Waals surface area contributed by atoms with Gasteiger partial charge in [0.15, 0.2) is 12.0 Å². The molecular formula is C21H23NO5. The summed E-state index contributed by atoms with van der Waals surface area (Å²) in [5.74, 6) is 0.581. The van der Waals surface area contributed by atoms with Gasteiger partial charge in [-0.3, -0.25) is 4.79 Å². The van der Waals surface area contributed by atoms with Crippen LogP contribution in [-0.4, -0.2) is 42.5 Å². The lowest BCUT2D eigenvalue weighted by molar-refractivity contribution is -0.119. The van der Waals surface area contributed by atoms with Crippen molar-refractivity contribution in [1.82, 2.24) is 4.90 Å². The fourth-order valence-corrected chi connectivity index (χ4v) is 3.76. The summed E-state index contributed by atoms with van der Waals surface area (Å²) in [6, 6.07) is 14.7. The van der Waals surface area contributed by atoms with Crippen LogP contribution in [0.25, 0.3) is 0 Å². The highest BCUT2D eigenvalue weighted by Gasteiger charge is 2.48. The number of aliphatic hydroxyl groups is 1. The molecule has 2 aromatic carbocycles. The maximum atomic E-state index is 13.0. The smallest absolute Gasteiger partial charge is 0.257 e. The van der Waals surface area contributed by atoms with Gasteiger partial charge in [-0.15, -0.1) is 0 Å². The molecule has 1 saturated heterocycles. The Morgan fingerprint density at radius 3 is 2.56 bits per heavy atom. The zero-order valence-electron chi connectivity index (χ0n) is 15.3. The van der Waals surface area contributed by atoms with E-state index in [1.54, 1.807) is 13.2 Å². The second-order valence-corrected chi connectivity index (χ2v) is 6.81. The van der Waals surface area contributed by atoms with E-state index in [2.05, 4.69) is 0 Å². The molecule has 0 spiro atoms. The number of methoxy groups -OCH3 is 1. The molecule has 6 nitrogen and oxygen atoms in total. The first-order valence-corrected chi connectivity index (χ1v) is 9.12. The molecule has 6 heteroatoms. The van der Waals surface area contributed by atoms with Gasteiger partial charge in [-0.25, -0.2) is 0 Å². The standard InChI is InChI=1S/C21H23NO5/c1-25-16-8-6-15(7-9-16)14-22-20(23)17-4-2-3-5-18(17)21(22,24)11-10-19-26-12-13-27-19/h2-9,19,24H,10-14H2,1H3. The van der Waals surface area contributed by atoms with E-state index >= 15 is 0 Å². The number of rotatable bonds is 6. The van der Waals surface area contributed by atoms with Crippen LogP contribution in [0.15, 0.2) is 48.5 Å². The monoisotopic (exact) mass is 369 g/mol. The molecule has 1 unspecified atom stereocenters. The van der Waals surface area contributed by atoms with Gasteiger partial charge in [0.2, 0.25) is 0 Å². The summed E-state index contributed by atoms with van der Waals surface area (Å²) in [5.41, 5.74) is 0.718. The predicted molar refractivity (Wildman–Crippen MR) is 98.1 cm³/mol. The van der Waals surface area contributed by atoms with Gasteiger partial charge in [0.1, 0.15) is 5.75 Å². The molecule has 142 valence electrons. The number of carbonyl (C=O) groups is 1. The minimum absolute atomic E-state index is 0.169. The van der Waals surface area contributed by atoms with E-state index < -0.39 is 5.72 Å². The molecule has 1 amide bonds. The number of amides is 1. The molecule has 2 aliphatic heterocycles. The highest BCUT2D eigenvalue weighted by molar-refractivity contribution is 5.99. The van der Waals surface area contributed by atoms with Crippen molar-refractivity contribution in [2.24, 2.45) is 0 Å². The zero-order valence-corrected chi connectivity index (χ0v) is 15.3. The average Bonchev–Trinajstić information content (AvgIpc) is 3.30. The van der Waals surface area contributed by atoms with Crippen molar-refractivity contribution in [3.8, 4) is 5.75 Å². The molecule has 2 aromatic rings. The maximum Gasteiger partial charge on any atom is 0.257 e. The SMILES string of the molecule is COc1ccc(CN2C(=O)c3ccccc3C2(O)CCC2OCCO2)cc1. The lowest BCUT2D eigenvalue weighted by atomic mass is 9.96. The average molecular weight is 369 g/mol. The number of ether oxygens (including phenoxy) is 3. The van der Waals surface area contributed by atoms with Gasteiger partial charge in [0.05, 0.1) is 20.3 Å². The molecular weight excluding hydrogens is 346 g/mol. The molecule has 0 aromatic heterocycles. The molecule has 27 heavy (non-hydrogen) atoms. The van der Waals surface area contributed by atoms with Gasteiger partial charge < -0.3 is 24.2 Å². The van der Waals surface area contributed by atoms with Crippen LogP contribution in [0.3, 0.4) is 0 Å². The van der Waals surface area contributed by atoms with Crippen LogP contribution in [-0.2, 0) is 21.7 Å². The van der Waals surface area contributed by atoms with Crippen LogP contribution in [0, 0.1) is 0 Å². The molecule has 2 heterocycles. The van der Waals surface area contributed by atoms with E-state index in [0.717, 1.165) is 11.3 Å². The Morgan fingerprint density at radius 2 is 1.85 bits per heavy atom. The fraction of sp³-hybridized carbons (Fsp3) is 0.381. The minimum Gasteiger partial charge on any atom is -0.497 e. The van der Waals surface area contributed by atoms with Crippen molar-refractivity contribution >= 4 is 5.91 Å². The predicted octanol–water partition coefficient (Wildman–Crippen LogP) is 2.65. The van der Waals surface area contributed by atoms with Crippen LogP contribution >= 0.6 is 0 Å². The first-order chi connectivity index (χ1) is 13.1. The Labute approximate surface area is 158 Å². The van der Waals surface area contributed by atoms with Crippen LogP contribution in [0.2, 0.25) is 0 Å². The van der Waals surface area contributed by atoms with Crippen LogP contribution < -0.4 is 4.74 Å². The van der Waals surface area contributed by atoms with Crippen LogP contribution in [0.4, 0.5) is 0 Å². The summed E-state index contributed by atoms with van der Waals surface area (Å²) in [6.45, 7) is 1.43. The summed E-state index contributed by atoms with van der Waals surface area (Å²) in [7, 11) is 1.61. The minimum atomic E-state index is -1.39. The van der Waals surface area contributed by atoms with E-state index in [1.165, 1.54) is 4.90 Å². The second kappa shape index (κ2) is 7.31. The molecule has 1 N–H and O–H groups in total. The fourth-order valence-electron chi connectivity index (χ4n) is 3.76. The Kier molecular flexibility index (Phi) is 4.86. The first-order valence-electron chi connectivity index (χ1n) is 9.12. The topological polar surface area (TPSA) is 68.2 Å². The second-order valence-electron chi connectivity index (χ2n) is 6.81. The van der Waals surface area contributed by atoms with Crippen molar-refractivity contribution in [1.29, 1.82) is 0 Å². The quantitative estimate of drug-likeness (QED) is 0.848. The first kappa shape index (κ1) is 18.0. The third-order valence-electron chi connectivity index (χ3n) is 5.20. The van der Waals surface area contributed by atoms with Gasteiger partial charge in [-0.1, -0.05) is 30.3 Å². The van der Waals surface area contributed by atoms with Crippen molar-refractivity contribution in [2.45, 2.75) is 31.4 Å². The number of carbonyl (C=O) groups excluding carboxylic acids is 1. The van der Waals surface area contributed by atoms with Crippen LogP contribution in [0.1, 0.15) is 34.3 Å². The largest absolute Gasteiger partial charge is 0.497 e. The summed E-state index contributed by atoms with van der Waals surface area (Å²) in [5, 5.41) is 11.6. The van der Waals surface area contributed by atoms with Crippen molar-refractivity contribution in [3.05, 3.63) is 65.2 Å². The molecule has 0 bridgehead atoms. The number of fused-ring (bicyclic) bond motifs is 1. The summed E-state index contributed by atoms with van der Waals surface area (Å²) < 4.78 is 16.2. The van der Waals surface area contributed by atoms with Crippen molar-refractivity contribution < 1.29 is 24.1 Å². The molecule has 4 rings (SSSR count). The van der Waals surface area contributed by atoms with E-state index in [1.807, 2.05) is 42.5 Å². The molecule has 2 aliphatic rings. The van der Waals surface area contributed by atoms with Crippen molar-refractivity contribution in [2.75, 3.05) is 20.3 Å². The maximum absolute atomic E-state index is 13.0. The lowest BCUT2D eigenvalue weighted by Crippen LogP contribution is -2.43. The Bertz CT molecular complexity index is 816. The van der Waals surface area contributed by atoms with Gasteiger partial charge in [-0.05, 0) is 23.8 Å². The summed E-state index contributed by atoms with van der Waals surface area (Å²) in [6.07, 6.45) is 0.521. The number of hydrogen-bond donors (Lipinski definition) is 1. The Morgan fingerprint density at radius 1 is 1.15 bits per heavy atom. The highest BCUT2D eigenvalue weighted by atomic mass is 16.7.